The molecule has 3 nitrogen and oxygen atoms in total. The molecule has 0 bridgehead atoms. The third kappa shape index (κ3) is 4.03. The zero-order valence-corrected chi connectivity index (χ0v) is 24.5. The van der Waals surface area contributed by atoms with Gasteiger partial charge in [0.15, 0.2) is 5.82 Å². The second-order valence-electron chi connectivity index (χ2n) is 11.1. The van der Waals surface area contributed by atoms with Crippen LogP contribution in [0, 0.1) is 0 Å². The standard InChI is InChI=1S/C40H25N3S/c1-2-10-26(11-3-1)34-25-35(28-20-23-33-32-14-6-9-17-38(32)44-39(33)24-28)42-40(41-34)27-18-21-29(22-19-27)43-36-15-7-4-12-30(36)31-13-5-8-16-37(31)43/h1-25H. The van der Waals surface area contributed by atoms with E-state index in [2.05, 4.69) is 150 Å². The first kappa shape index (κ1) is 25.0. The van der Waals surface area contributed by atoms with E-state index in [1.807, 2.05) is 17.4 Å². The molecule has 9 aromatic rings. The molecule has 0 N–H and O–H groups in total. The fraction of sp³-hybridized carbons (Fsp3) is 0. The molecule has 0 aliphatic carbocycles. The summed E-state index contributed by atoms with van der Waals surface area (Å²) < 4.78 is 4.90. The maximum atomic E-state index is 5.14. The topological polar surface area (TPSA) is 30.7 Å². The van der Waals surface area contributed by atoms with Crippen molar-refractivity contribution in [1.29, 1.82) is 0 Å². The summed E-state index contributed by atoms with van der Waals surface area (Å²) in [7, 11) is 0. The van der Waals surface area contributed by atoms with Crippen molar-refractivity contribution in [3.05, 3.63) is 152 Å². The van der Waals surface area contributed by atoms with Crippen molar-refractivity contribution in [2.45, 2.75) is 0 Å². The van der Waals surface area contributed by atoms with E-state index in [1.54, 1.807) is 0 Å². The van der Waals surface area contributed by atoms with E-state index in [4.69, 9.17) is 9.97 Å². The summed E-state index contributed by atoms with van der Waals surface area (Å²) in [6.07, 6.45) is 0. The highest BCUT2D eigenvalue weighted by molar-refractivity contribution is 7.25. The monoisotopic (exact) mass is 579 g/mol. The molecule has 0 spiro atoms. The molecule has 0 saturated carbocycles. The molecule has 6 aromatic carbocycles. The quantitative estimate of drug-likeness (QED) is 0.208. The van der Waals surface area contributed by atoms with Gasteiger partial charge in [0, 0.05) is 53.3 Å². The van der Waals surface area contributed by atoms with Crippen molar-refractivity contribution in [3.63, 3.8) is 0 Å². The van der Waals surface area contributed by atoms with Crippen molar-refractivity contribution < 1.29 is 0 Å². The Hall–Kier alpha value is -5.58. The molecule has 0 aliphatic rings. The minimum absolute atomic E-state index is 0.714. The second kappa shape index (κ2) is 10.0. The van der Waals surface area contributed by atoms with Crippen LogP contribution in [-0.4, -0.2) is 14.5 Å². The number of aromatic nitrogens is 3. The molecule has 3 aromatic heterocycles. The molecule has 3 heterocycles. The molecule has 44 heavy (non-hydrogen) atoms. The van der Waals surface area contributed by atoms with Crippen LogP contribution in [0.4, 0.5) is 0 Å². The summed E-state index contributed by atoms with van der Waals surface area (Å²) in [6.45, 7) is 0. The smallest absolute Gasteiger partial charge is 0.160 e. The maximum absolute atomic E-state index is 5.14. The van der Waals surface area contributed by atoms with Gasteiger partial charge in [0.2, 0.25) is 0 Å². The third-order valence-corrected chi connectivity index (χ3v) is 9.57. The fourth-order valence-corrected chi connectivity index (χ4v) is 7.47. The molecule has 0 unspecified atom stereocenters. The van der Waals surface area contributed by atoms with Gasteiger partial charge in [-0.25, -0.2) is 9.97 Å². The molecule has 0 atom stereocenters. The van der Waals surface area contributed by atoms with E-state index >= 15 is 0 Å². The van der Waals surface area contributed by atoms with E-state index in [9.17, 15) is 0 Å². The average Bonchev–Trinajstić information content (AvgIpc) is 3.64. The van der Waals surface area contributed by atoms with E-state index in [0.29, 0.717) is 5.82 Å². The molecular weight excluding hydrogens is 555 g/mol. The number of hydrogen-bond acceptors (Lipinski definition) is 3. The minimum atomic E-state index is 0.714. The first-order chi connectivity index (χ1) is 21.8. The Morgan fingerprint density at radius 1 is 0.409 bits per heavy atom. The van der Waals surface area contributed by atoms with E-state index < -0.39 is 0 Å². The highest BCUT2D eigenvalue weighted by Gasteiger charge is 2.15. The predicted molar refractivity (Wildman–Crippen MR) is 186 cm³/mol. The Balaban J connectivity index is 1.18. The largest absolute Gasteiger partial charge is 0.309 e. The first-order valence-electron chi connectivity index (χ1n) is 14.8. The lowest BCUT2D eigenvalue weighted by Crippen LogP contribution is -1.97. The molecule has 0 radical (unpaired) electrons. The number of nitrogens with zero attached hydrogens (tertiary/aromatic N) is 3. The molecule has 0 saturated heterocycles. The SMILES string of the molecule is c1ccc(-c2cc(-c3ccc4c(c3)sc3ccccc34)nc(-c3ccc(-n4c5ccccc5c5ccccc54)cc3)n2)cc1. The summed E-state index contributed by atoms with van der Waals surface area (Å²) >= 11 is 1.83. The summed E-state index contributed by atoms with van der Waals surface area (Å²) in [5.41, 5.74) is 8.48. The van der Waals surface area contributed by atoms with E-state index in [0.717, 1.165) is 33.8 Å². The maximum Gasteiger partial charge on any atom is 0.160 e. The molecule has 4 heteroatoms. The van der Waals surface area contributed by atoms with Crippen LogP contribution in [0.2, 0.25) is 0 Å². The van der Waals surface area contributed by atoms with Gasteiger partial charge in [-0.05, 0) is 54.6 Å². The van der Waals surface area contributed by atoms with Gasteiger partial charge >= 0.3 is 0 Å². The lowest BCUT2D eigenvalue weighted by molar-refractivity contribution is 1.16. The Kier molecular flexibility index (Phi) is 5.68. The van der Waals surface area contributed by atoms with Gasteiger partial charge in [-0.1, -0.05) is 97.1 Å². The predicted octanol–water partition coefficient (Wildman–Crippen LogP) is 10.9. The van der Waals surface area contributed by atoms with Gasteiger partial charge in [-0.15, -0.1) is 11.3 Å². The van der Waals surface area contributed by atoms with Gasteiger partial charge in [-0.2, -0.15) is 0 Å². The molecule has 0 fully saturated rings. The van der Waals surface area contributed by atoms with Gasteiger partial charge in [0.05, 0.1) is 22.4 Å². The van der Waals surface area contributed by atoms with Crippen LogP contribution >= 0.6 is 11.3 Å². The summed E-state index contributed by atoms with van der Waals surface area (Å²) in [6, 6.07) is 53.6. The van der Waals surface area contributed by atoms with E-state index in [1.165, 1.54) is 42.0 Å². The molecule has 206 valence electrons. The molecule has 9 rings (SSSR count). The fourth-order valence-electron chi connectivity index (χ4n) is 6.33. The Labute approximate surface area is 258 Å². The summed E-state index contributed by atoms with van der Waals surface area (Å²) in [4.78, 5) is 10.2. The van der Waals surface area contributed by atoms with Crippen LogP contribution in [0.5, 0.6) is 0 Å². The summed E-state index contributed by atoms with van der Waals surface area (Å²) in [5, 5.41) is 5.10. The highest BCUT2D eigenvalue weighted by Crippen LogP contribution is 2.37. The third-order valence-electron chi connectivity index (χ3n) is 8.43. The van der Waals surface area contributed by atoms with Crippen LogP contribution in [0.1, 0.15) is 0 Å². The van der Waals surface area contributed by atoms with Crippen molar-refractivity contribution in [3.8, 4) is 39.6 Å². The second-order valence-corrected chi connectivity index (χ2v) is 12.1. The van der Waals surface area contributed by atoms with Crippen LogP contribution in [0.3, 0.4) is 0 Å². The highest BCUT2D eigenvalue weighted by atomic mass is 32.1. The molecule has 0 amide bonds. The van der Waals surface area contributed by atoms with Crippen LogP contribution in [0.15, 0.2) is 152 Å². The van der Waals surface area contributed by atoms with Crippen molar-refractivity contribution >= 4 is 53.3 Å². The number of para-hydroxylation sites is 2. The lowest BCUT2D eigenvalue weighted by atomic mass is 10.0. The molecule has 0 aliphatic heterocycles. The van der Waals surface area contributed by atoms with Gasteiger partial charge < -0.3 is 4.57 Å². The number of fused-ring (bicyclic) bond motifs is 6. The van der Waals surface area contributed by atoms with Gasteiger partial charge in [-0.3, -0.25) is 0 Å². The number of benzene rings is 6. The van der Waals surface area contributed by atoms with Crippen LogP contribution in [-0.2, 0) is 0 Å². The van der Waals surface area contributed by atoms with Crippen molar-refractivity contribution in [2.24, 2.45) is 0 Å². The Bertz CT molecular complexity index is 2430. The van der Waals surface area contributed by atoms with Crippen molar-refractivity contribution in [1.82, 2.24) is 14.5 Å². The Morgan fingerprint density at radius 2 is 0.977 bits per heavy atom. The number of thiophene rings is 1. The van der Waals surface area contributed by atoms with Gasteiger partial charge in [0.1, 0.15) is 0 Å². The van der Waals surface area contributed by atoms with Crippen LogP contribution in [0.25, 0.3) is 81.6 Å². The zero-order valence-electron chi connectivity index (χ0n) is 23.7. The van der Waals surface area contributed by atoms with Crippen molar-refractivity contribution in [2.75, 3.05) is 0 Å². The van der Waals surface area contributed by atoms with Gasteiger partial charge in [0.25, 0.3) is 0 Å². The summed E-state index contributed by atoms with van der Waals surface area (Å²) in [5.74, 6) is 0.714. The zero-order chi connectivity index (χ0) is 29.0. The lowest BCUT2D eigenvalue weighted by Gasteiger charge is -2.11. The van der Waals surface area contributed by atoms with Crippen LogP contribution < -0.4 is 0 Å². The normalized spacial score (nSPS) is 11.6. The molecular formula is C40H25N3S. The average molecular weight is 580 g/mol. The first-order valence-corrected chi connectivity index (χ1v) is 15.6. The minimum Gasteiger partial charge on any atom is -0.309 e. The Morgan fingerprint density at radius 3 is 1.70 bits per heavy atom. The van der Waals surface area contributed by atoms with E-state index in [-0.39, 0.29) is 0 Å². The number of hydrogen-bond donors (Lipinski definition) is 0. The number of rotatable bonds is 4.